The monoisotopic (exact) mass is 304 g/mol. The Morgan fingerprint density at radius 1 is 1.50 bits per heavy atom. The third-order valence-corrected chi connectivity index (χ3v) is 4.03. The predicted molar refractivity (Wildman–Crippen MR) is 85.6 cm³/mol. The molecule has 6 heteroatoms. The maximum absolute atomic E-state index is 12.2. The van der Waals surface area contributed by atoms with E-state index in [-0.39, 0.29) is 11.8 Å². The molecule has 6 nitrogen and oxygen atoms in total. The van der Waals surface area contributed by atoms with Crippen LogP contribution < -0.4 is 16.0 Å². The van der Waals surface area contributed by atoms with E-state index in [1.807, 2.05) is 0 Å². The van der Waals surface area contributed by atoms with E-state index in [1.54, 1.807) is 12.3 Å². The number of aromatic nitrogens is 1. The Bertz CT molecular complexity index is 533. The van der Waals surface area contributed by atoms with E-state index in [9.17, 15) is 9.59 Å². The minimum absolute atomic E-state index is 0.0421. The number of hydrogen-bond acceptors (Lipinski definition) is 4. The minimum Gasteiger partial charge on any atom is -0.370 e. The van der Waals surface area contributed by atoms with Gasteiger partial charge in [-0.3, -0.25) is 14.6 Å². The number of rotatable bonds is 6. The highest BCUT2D eigenvalue weighted by Gasteiger charge is 2.27. The van der Waals surface area contributed by atoms with Gasteiger partial charge in [-0.25, -0.2) is 0 Å². The first kappa shape index (κ1) is 16.3. The maximum atomic E-state index is 12.2. The Morgan fingerprint density at radius 3 is 3.05 bits per heavy atom. The van der Waals surface area contributed by atoms with Crippen molar-refractivity contribution < 1.29 is 9.59 Å². The predicted octanol–water partition coefficient (Wildman–Crippen LogP) is 1.31. The molecule has 22 heavy (non-hydrogen) atoms. The van der Waals surface area contributed by atoms with Crippen LogP contribution in [0.5, 0.6) is 0 Å². The fourth-order valence-electron chi connectivity index (χ4n) is 2.80. The summed E-state index contributed by atoms with van der Waals surface area (Å²) in [5, 5.41) is 2.99. The van der Waals surface area contributed by atoms with Crippen LogP contribution in [0.4, 0.5) is 5.69 Å². The summed E-state index contributed by atoms with van der Waals surface area (Å²) in [7, 11) is 0. The molecule has 1 atom stereocenters. The molecule has 1 aliphatic rings. The van der Waals surface area contributed by atoms with Gasteiger partial charge in [-0.15, -0.1) is 0 Å². The zero-order valence-electron chi connectivity index (χ0n) is 13.0. The van der Waals surface area contributed by atoms with Crippen LogP contribution in [0.2, 0.25) is 0 Å². The second kappa shape index (κ2) is 7.77. The average Bonchev–Trinajstić information content (AvgIpc) is 2.55. The number of hydrogen-bond donors (Lipinski definition) is 2. The molecule has 0 bridgehead atoms. The lowest BCUT2D eigenvalue weighted by atomic mass is 9.96. The molecule has 0 spiro atoms. The standard InChI is InChI=1S/C16H24N4O2/c1-2-3-7-19-16(22)12-5-4-9-20(11-12)14-6-8-18-10-13(14)15(17)21/h6,8,10,12H,2-5,7,9,11H2,1H3,(H2,17,21)(H,19,22). The van der Waals surface area contributed by atoms with E-state index in [4.69, 9.17) is 5.73 Å². The lowest BCUT2D eigenvalue weighted by Crippen LogP contribution is -2.43. The number of unbranched alkanes of at least 4 members (excludes halogenated alkanes) is 1. The summed E-state index contributed by atoms with van der Waals surface area (Å²) in [4.78, 5) is 29.8. The number of nitrogens with two attached hydrogens (primary N) is 1. The molecule has 120 valence electrons. The molecule has 1 unspecified atom stereocenters. The summed E-state index contributed by atoms with van der Waals surface area (Å²) in [6, 6.07) is 1.79. The van der Waals surface area contributed by atoms with E-state index in [0.29, 0.717) is 12.1 Å². The Hall–Kier alpha value is -2.11. The third kappa shape index (κ3) is 3.96. The van der Waals surface area contributed by atoms with Crippen molar-refractivity contribution >= 4 is 17.5 Å². The van der Waals surface area contributed by atoms with Crippen LogP contribution in [-0.4, -0.2) is 36.4 Å². The molecule has 1 fully saturated rings. The molecule has 1 aliphatic heterocycles. The van der Waals surface area contributed by atoms with Crippen LogP contribution in [0.3, 0.4) is 0 Å². The van der Waals surface area contributed by atoms with Crippen molar-refractivity contribution in [2.24, 2.45) is 11.7 Å². The largest absolute Gasteiger partial charge is 0.370 e. The summed E-state index contributed by atoms with van der Waals surface area (Å²) in [5.74, 6) is -0.426. The molecule has 0 aliphatic carbocycles. The van der Waals surface area contributed by atoms with Crippen LogP contribution in [0.25, 0.3) is 0 Å². The average molecular weight is 304 g/mol. The molecule has 2 amide bonds. The second-order valence-electron chi connectivity index (χ2n) is 5.69. The van der Waals surface area contributed by atoms with Crippen LogP contribution in [0, 0.1) is 5.92 Å². The van der Waals surface area contributed by atoms with Crippen molar-refractivity contribution in [1.29, 1.82) is 0 Å². The molecule has 2 rings (SSSR count). The van der Waals surface area contributed by atoms with Gasteiger partial charge in [-0.05, 0) is 25.3 Å². The molecule has 3 N–H and O–H groups in total. The number of amides is 2. The normalized spacial score (nSPS) is 18.0. The number of pyridine rings is 1. The van der Waals surface area contributed by atoms with E-state index in [0.717, 1.165) is 44.5 Å². The molecule has 0 saturated carbocycles. The van der Waals surface area contributed by atoms with E-state index in [1.165, 1.54) is 6.20 Å². The van der Waals surface area contributed by atoms with Crippen LogP contribution in [0.1, 0.15) is 43.0 Å². The molecule has 0 aromatic carbocycles. The Labute approximate surface area is 131 Å². The van der Waals surface area contributed by atoms with Crippen LogP contribution in [0.15, 0.2) is 18.5 Å². The highest BCUT2D eigenvalue weighted by atomic mass is 16.2. The van der Waals surface area contributed by atoms with Crippen molar-refractivity contribution in [2.45, 2.75) is 32.6 Å². The topological polar surface area (TPSA) is 88.3 Å². The van der Waals surface area contributed by atoms with E-state index >= 15 is 0 Å². The summed E-state index contributed by atoms with van der Waals surface area (Å²) < 4.78 is 0. The van der Waals surface area contributed by atoms with Gasteiger partial charge in [0.05, 0.1) is 17.2 Å². The van der Waals surface area contributed by atoms with Gasteiger partial charge in [0, 0.05) is 32.0 Å². The lowest BCUT2D eigenvalue weighted by Gasteiger charge is -2.34. The summed E-state index contributed by atoms with van der Waals surface area (Å²) in [6.07, 6.45) is 7.00. The Kier molecular flexibility index (Phi) is 5.75. The second-order valence-corrected chi connectivity index (χ2v) is 5.69. The summed E-state index contributed by atoms with van der Waals surface area (Å²) >= 11 is 0. The van der Waals surface area contributed by atoms with E-state index < -0.39 is 5.91 Å². The smallest absolute Gasteiger partial charge is 0.252 e. The highest BCUT2D eigenvalue weighted by Crippen LogP contribution is 2.25. The Balaban J connectivity index is 2.04. The third-order valence-electron chi connectivity index (χ3n) is 4.03. The van der Waals surface area contributed by atoms with Crippen LogP contribution >= 0.6 is 0 Å². The van der Waals surface area contributed by atoms with Gasteiger partial charge in [-0.1, -0.05) is 13.3 Å². The number of carbonyl (C=O) groups excluding carboxylic acids is 2. The number of anilines is 1. The zero-order valence-corrected chi connectivity index (χ0v) is 13.0. The molecular formula is C16H24N4O2. The number of nitrogens with one attached hydrogen (secondary N) is 1. The minimum atomic E-state index is -0.488. The van der Waals surface area contributed by atoms with Gasteiger partial charge < -0.3 is 16.0 Å². The first-order chi connectivity index (χ1) is 10.6. The Morgan fingerprint density at radius 2 is 2.32 bits per heavy atom. The molecule has 1 aromatic heterocycles. The fourth-order valence-corrected chi connectivity index (χ4v) is 2.80. The van der Waals surface area contributed by atoms with Gasteiger partial charge in [0.2, 0.25) is 5.91 Å². The molecule has 1 aromatic rings. The highest BCUT2D eigenvalue weighted by molar-refractivity contribution is 5.98. The van der Waals surface area contributed by atoms with Gasteiger partial charge in [0.1, 0.15) is 0 Å². The summed E-state index contributed by atoms with van der Waals surface area (Å²) in [6.45, 7) is 4.27. The zero-order chi connectivity index (χ0) is 15.9. The van der Waals surface area contributed by atoms with Crippen LogP contribution in [-0.2, 0) is 4.79 Å². The van der Waals surface area contributed by atoms with E-state index in [2.05, 4.69) is 22.1 Å². The van der Waals surface area contributed by atoms with Gasteiger partial charge in [0.15, 0.2) is 0 Å². The van der Waals surface area contributed by atoms with Crippen molar-refractivity contribution in [3.8, 4) is 0 Å². The van der Waals surface area contributed by atoms with Gasteiger partial charge in [0.25, 0.3) is 5.91 Å². The fraction of sp³-hybridized carbons (Fsp3) is 0.562. The lowest BCUT2D eigenvalue weighted by molar-refractivity contribution is -0.125. The first-order valence-corrected chi connectivity index (χ1v) is 7.90. The molecule has 0 radical (unpaired) electrons. The summed E-state index contributed by atoms with van der Waals surface area (Å²) in [5.41, 5.74) is 6.60. The van der Waals surface area contributed by atoms with Crippen molar-refractivity contribution in [2.75, 3.05) is 24.5 Å². The first-order valence-electron chi connectivity index (χ1n) is 7.90. The number of piperidine rings is 1. The quantitative estimate of drug-likeness (QED) is 0.776. The SMILES string of the molecule is CCCCNC(=O)C1CCCN(c2ccncc2C(N)=O)C1. The van der Waals surface area contributed by atoms with Gasteiger partial charge in [-0.2, -0.15) is 0 Å². The van der Waals surface area contributed by atoms with Gasteiger partial charge >= 0.3 is 0 Å². The number of carbonyl (C=O) groups is 2. The maximum Gasteiger partial charge on any atom is 0.252 e. The number of nitrogens with zero attached hydrogens (tertiary/aromatic N) is 2. The molecule has 2 heterocycles. The van der Waals surface area contributed by atoms with Crippen molar-refractivity contribution in [3.05, 3.63) is 24.0 Å². The molecular weight excluding hydrogens is 280 g/mol. The molecule has 1 saturated heterocycles. The number of primary amides is 1. The van der Waals surface area contributed by atoms with Crippen molar-refractivity contribution in [1.82, 2.24) is 10.3 Å². The van der Waals surface area contributed by atoms with Crippen molar-refractivity contribution in [3.63, 3.8) is 0 Å².